The molecule has 0 aromatic heterocycles. The molecule has 2 aliphatic rings. The summed E-state index contributed by atoms with van der Waals surface area (Å²) < 4.78 is 0. The largest absolute Gasteiger partial charge is 0.299 e. The van der Waals surface area contributed by atoms with Gasteiger partial charge in [-0.1, -0.05) is 52.5 Å². The van der Waals surface area contributed by atoms with Crippen LogP contribution in [0.1, 0.15) is 53.9 Å². The van der Waals surface area contributed by atoms with E-state index >= 15 is 0 Å². The highest BCUT2D eigenvalue weighted by Gasteiger charge is 2.17. The van der Waals surface area contributed by atoms with Crippen molar-refractivity contribution in [3.63, 3.8) is 0 Å². The average Bonchev–Trinajstić information content (AvgIpc) is 2.41. The van der Waals surface area contributed by atoms with Gasteiger partial charge in [0.15, 0.2) is 0 Å². The second-order valence-corrected chi connectivity index (χ2v) is 6.53. The Morgan fingerprint density at radius 3 is 2.55 bits per heavy atom. The van der Waals surface area contributed by atoms with Crippen LogP contribution in [-0.2, 0) is 0 Å². The first kappa shape index (κ1) is 17.2. The zero-order chi connectivity index (χ0) is 13.7. The van der Waals surface area contributed by atoms with E-state index in [1.54, 1.807) is 5.57 Å². The van der Waals surface area contributed by atoms with Gasteiger partial charge >= 0.3 is 0 Å². The molecular weight excluding hydrogens is 242 g/mol. The van der Waals surface area contributed by atoms with E-state index in [1.165, 1.54) is 44.3 Å². The lowest BCUT2D eigenvalue weighted by Crippen LogP contribution is -2.34. The molecule has 0 N–H and O–H groups in total. The summed E-state index contributed by atoms with van der Waals surface area (Å²) in [5.74, 6) is 1.55. The van der Waals surface area contributed by atoms with Crippen LogP contribution in [0.2, 0.25) is 0 Å². The maximum absolute atomic E-state index is 2.64. The summed E-state index contributed by atoms with van der Waals surface area (Å²) in [4.78, 5) is 2.64. The Morgan fingerprint density at radius 2 is 2.00 bits per heavy atom. The molecule has 0 amide bonds. The molecule has 0 saturated carbocycles. The first-order valence-corrected chi connectivity index (χ1v) is 7.95. The number of hydrogen-bond acceptors (Lipinski definition) is 1. The summed E-state index contributed by atoms with van der Waals surface area (Å²) >= 11 is 0. The summed E-state index contributed by atoms with van der Waals surface area (Å²) in [6, 6.07) is 0. The molecule has 1 heteroatoms. The smallest absolute Gasteiger partial charge is 0.0236 e. The zero-order valence-electron chi connectivity index (χ0n) is 12.9. The van der Waals surface area contributed by atoms with Gasteiger partial charge in [-0.15, -0.1) is 0 Å². The van der Waals surface area contributed by atoms with E-state index in [1.807, 2.05) is 0 Å². The second-order valence-electron chi connectivity index (χ2n) is 6.53. The van der Waals surface area contributed by atoms with Gasteiger partial charge in [-0.05, 0) is 61.8 Å². The number of hydrogen-bond donors (Lipinski definition) is 0. The molecule has 1 aliphatic heterocycles. The molecule has 0 bridgehead atoms. The third-order valence-electron chi connectivity index (χ3n) is 4.17. The number of likely N-dealkylation sites (tertiary alicyclic amines) is 1. The molecule has 0 atom stereocenters. The predicted octanol–water partition coefficient (Wildman–Crippen LogP) is 5.21. The minimum Gasteiger partial charge on any atom is -0.299 e. The van der Waals surface area contributed by atoms with Crippen LogP contribution in [0.25, 0.3) is 0 Å². The SMILES string of the molecule is C.CC(C)/C=C(/CN1CCC(C)CC1)C1=CCCC=C1. The number of allylic oxidation sites excluding steroid dienone is 4. The second kappa shape index (κ2) is 8.46. The molecule has 0 unspecified atom stereocenters. The van der Waals surface area contributed by atoms with E-state index in [0.29, 0.717) is 5.92 Å². The van der Waals surface area contributed by atoms with Crippen LogP contribution >= 0.6 is 0 Å². The van der Waals surface area contributed by atoms with E-state index in [0.717, 1.165) is 12.5 Å². The van der Waals surface area contributed by atoms with Crippen LogP contribution in [0.5, 0.6) is 0 Å². The minimum atomic E-state index is 0. The van der Waals surface area contributed by atoms with Gasteiger partial charge in [-0.25, -0.2) is 0 Å². The molecule has 0 radical (unpaired) electrons. The Balaban J connectivity index is 0.00000200. The van der Waals surface area contributed by atoms with Crippen molar-refractivity contribution < 1.29 is 0 Å². The number of piperidine rings is 1. The predicted molar refractivity (Wildman–Crippen MR) is 90.9 cm³/mol. The van der Waals surface area contributed by atoms with Gasteiger partial charge < -0.3 is 0 Å². The summed E-state index contributed by atoms with van der Waals surface area (Å²) in [5.41, 5.74) is 3.01. The number of nitrogens with zero attached hydrogens (tertiary/aromatic N) is 1. The van der Waals surface area contributed by atoms with Crippen LogP contribution in [0.3, 0.4) is 0 Å². The van der Waals surface area contributed by atoms with E-state index in [-0.39, 0.29) is 7.43 Å². The molecule has 2 rings (SSSR count). The lowest BCUT2D eigenvalue weighted by Gasteiger charge is -2.31. The Bertz CT molecular complexity index is 365. The van der Waals surface area contributed by atoms with Gasteiger partial charge in [0.25, 0.3) is 0 Å². The Labute approximate surface area is 126 Å². The van der Waals surface area contributed by atoms with Crippen molar-refractivity contribution in [3.05, 3.63) is 35.5 Å². The normalized spacial score (nSPS) is 21.8. The lowest BCUT2D eigenvalue weighted by atomic mass is 9.94. The lowest BCUT2D eigenvalue weighted by molar-refractivity contribution is 0.207. The van der Waals surface area contributed by atoms with Gasteiger partial charge in [-0.3, -0.25) is 4.90 Å². The van der Waals surface area contributed by atoms with Crippen molar-refractivity contribution in [1.82, 2.24) is 4.90 Å². The van der Waals surface area contributed by atoms with Gasteiger partial charge in [0.1, 0.15) is 0 Å². The summed E-state index contributed by atoms with van der Waals surface area (Å²) in [7, 11) is 0. The van der Waals surface area contributed by atoms with Gasteiger partial charge in [0, 0.05) is 6.54 Å². The standard InChI is InChI=1S/C18H29N.CH4/c1-15(2)13-18(17-7-5-4-6-8-17)14-19-11-9-16(3)10-12-19;/h5,7-8,13,15-16H,4,6,9-12,14H2,1-3H3;1H4/b18-13-;. The third kappa shape index (κ3) is 5.28. The molecule has 0 aromatic carbocycles. The van der Waals surface area contributed by atoms with Crippen LogP contribution in [0, 0.1) is 11.8 Å². The molecular formula is C19H33N. The molecule has 0 aromatic rings. The van der Waals surface area contributed by atoms with Crippen molar-refractivity contribution in [2.24, 2.45) is 11.8 Å². The minimum absolute atomic E-state index is 0. The zero-order valence-corrected chi connectivity index (χ0v) is 12.9. The Kier molecular flexibility index (Phi) is 7.29. The topological polar surface area (TPSA) is 3.24 Å². The first-order chi connectivity index (χ1) is 9.15. The molecule has 1 heterocycles. The van der Waals surface area contributed by atoms with Crippen LogP contribution in [0.4, 0.5) is 0 Å². The van der Waals surface area contributed by atoms with Gasteiger partial charge in [0.05, 0.1) is 0 Å². The van der Waals surface area contributed by atoms with Crippen molar-refractivity contribution in [2.75, 3.05) is 19.6 Å². The molecule has 20 heavy (non-hydrogen) atoms. The summed E-state index contributed by atoms with van der Waals surface area (Å²) in [6.07, 6.45) is 14.7. The summed E-state index contributed by atoms with van der Waals surface area (Å²) in [5, 5.41) is 0. The van der Waals surface area contributed by atoms with Crippen LogP contribution in [-0.4, -0.2) is 24.5 Å². The van der Waals surface area contributed by atoms with E-state index in [4.69, 9.17) is 0 Å². The highest BCUT2D eigenvalue weighted by atomic mass is 15.1. The maximum Gasteiger partial charge on any atom is 0.0236 e. The molecule has 1 aliphatic carbocycles. The highest BCUT2D eigenvalue weighted by Crippen LogP contribution is 2.23. The maximum atomic E-state index is 2.64. The van der Waals surface area contributed by atoms with Crippen LogP contribution < -0.4 is 0 Å². The van der Waals surface area contributed by atoms with Crippen molar-refractivity contribution in [1.29, 1.82) is 0 Å². The quantitative estimate of drug-likeness (QED) is 0.680. The average molecular weight is 275 g/mol. The van der Waals surface area contributed by atoms with Crippen molar-refractivity contribution in [3.8, 4) is 0 Å². The summed E-state index contributed by atoms with van der Waals surface area (Å²) in [6.45, 7) is 10.6. The van der Waals surface area contributed by atoms with E-state index < -0.39 is 0 Å². The molecule has 0 spiro atoms. The van der Waals surface area contributed by atoms with Crippen molar-refractivity contribution >= 4 is 0 Å². The number of rotatable bonds is 4. The molecule has 114 valence electrons. The Hall–Kier alpha value is -0.820. The molecule has 1 saturated heterocycles. The third-order valence-corrected chi connectivity index (χ3v) is 4.17. The monoisotopic (exact) mass is 275 g/mol. The molecule has 1 fully saturated rings. The highest BCUT2D eigenvalue weighted by molar-refractivity contribution is 5.42. The van der Waals surface area contributed by atoms with E-state index in [2.05, 4.69) is 50.0 Å². The fourth-order valence-electron chi connectivity index (χ4n) is 2.96. The van der Waals surface area contributed by atoms with Crippen LogP contribution in [0.15, 0.2) is 35.5 Å². The fourth-order valence-corrected chi connectivity index (χ4v) is 2.96. The van der Waals surface area contributed by atoms with E-state index in [9.17, 15) is 0 Å². The molecule has 1 nitrogen and oxygen atoms in total. The van der Waals surface area contributed by atoms with Gasteiger partial charge in [0.2, 0.25) is 0 Å². The Morgan fingerprint density at radius 1 is 1.30 bits per heavy atom. The van der Waals surface area contributed by atoms with Gasteiger partial charge in [-0.2, -0.15) is 0 Å². The van der Waals surface area contributed by atoms with Crippen molar-refractivity contribution in [2.45, 2.75) is 53.9 Å². The first-order valence-electron chi connectivity index (χ1n) is 7.95. The fraction of sp³-hybridized carbons (Fsp3) is 0.684.